The Morgan fingerprint density at radius 2 is 1.92 bits per heavy atom. The van der Waals surface area contributed by atoms with E-state index in [1.54, 1.807) is 0 Å². The first kappa shape index (κ1) is 15.5. The van der Waals surface area contributed by atoms with Gasteiger partial charge in [-0.3, -0.25) is 0 Å². The Kier molecular flexibility index (Phi) is 4.22. The third kappa shape index (κ3) is 3.27. The summed E-state index contributed by atoms with van der Waals surface area (Å²) in [7, 11) is 0. The number of hydrogen-bond acceptors (Lipinski definition) is 7. The Labute approximate surface area is 144 Å². The fourth-order valence-electron chi connectivity index (χ4n) is 2.66. The van der Waals surface area contributed by atoms with E-state index in [9.17, 15) is 0 Å². The van der Waals surface area contributed by atoms with Gasteiger partial charge in [-0.25, -0.2) is 4.98 Å². The average Bonchev–Trinajstić information content (AvgIpc) is 3.10. The molecule has 0 amide bonds. The van der Waals surface area contributed by atoms with Crippen molar-refractivity contribution in [1.82, 2.24) is 9.97 Å². The maximum atomic E-state index is 8.98. The maximum Gasteiger partial charge on any atom is 0.231 e. The molecule has 0 spiro atoms. The van der Waals surface area contributed by atoms with Crippen LogP contribution in [0.1, 0.15) is 6.42 Å². The number of para-hydroxylation sites is 1. The maximum absolute atomic E-state index is 8.98. The molecule has 7 nitrogen and oxygen atoms in total. The lowest BCUT2D eigenvalue weighted by Gasteiger charge is -2.12. The van der Waals surface area contributed by atoms with Crippen molar-refractivity contribution in [2.24, 2.45) is 0 Å². The summed E-state index contributed by atoms with van der Waals surface area (Å²) in [4.78, 5) is 9.14. The number of benzene rings is 2. The van der Waals surface area contributed by atoms with E-state index in [4.69, 9.17) is 14.6 Å². The Morgan fingerprint density at radius 3 is 2.84 bits per heavy atom. The number of aliphatic hydroxyl groups is 1. The second-order valence-corrected chi connectivity index (χ2v) is 5.61. The normalized spacial score (nSPS) is 12.4. The van der Waals surface area contributed by atoms with Gasteiger partial charge in [-0.05, 0) is 30.7 Å². The van der Waals surface area contributed by atoms with Crippen LogP contribution in [0.3, 0.4) is 0 Å². The first-order valence-corrected chi connectivity index (χ1v) is 8.12. The first-order valence-electron chi connectivity index (χ1n) is 8.12. The van der Waals surface area contributed by atoms with Gasteiger partial charge in [0, 0.05) is 30.3 Å². The highest BCUT2D eigenvalue weighted by atomic mass is 16.7. The van der Waals surface area contributed by atoms with Gasteiger partial charge in [-0.15, -0.1) is 0 Å². The van der Waals surface area contributed by atoms with Crippen LogP contribution in [0.15, 0.2) is 42.5 Å². The van der Waals surface area contributed by atoms with Crippen LogP contribution in [0.25, 0.3) is 10.9 Å². The van der Waals surface area contributed by atoms with Gasteiger partial charge >= 0.3 is 0 Å². The highest BCUT2D eigenvalue weighted by Crippen LogP contribution is 2.35. The minimum absolute atomic E-state index is 0.137. The third-order valence-electron chi connectivity index (χ3n) is 3.86. The van der Waals surface area contributed by atoms with Gasteiger partial charge in [-0.1, -0.05) is 12.1 Å². The fraction of sp³-hybridized carbons (Fsp3) is 0.222. The molecule has 1 aliphatic heterocycles. The molecule has 7 heteroatoms. The van der Waals surface area contributed by atoms with E-state index in [0.29, 0.717) is 24.7 Å². The zero-order valence-electron chi connectivity index (χ0n) is 13.5. The smallest absolute Gasteiger partial charge is 0.231 e. The predicted molar refractivity (Wildman–Crippen MR) is 95.6 cm³/mol. The topological polar surface area (TPSA) is 88.5 Å². The number of fused-ring (bicyclic) bond motifs is 2. The average molecular weight is 338 g/mol. The molecule has 0 saturated carbocycles. The number of aromatic nitrogens is 2. The number of anilines is 3. The third-order valence-corrected chi connectivity index (χ3v) is 3.86. The molecule has 1 aromatic heterocycles. The lowest BCUT2D eigenvalue weighted by molar-refractivity contribution is 0.174. The second kappa shape index (κ2) is 6.82. The largest absolute Gasteiger partial charge is 0.454 e. The van der Waals surface area contributed by atoms with Gasteiger partial charge in [-0.2, -0.15) is 4.98 Å². The molecular formula is C18H18N4O3. The van der Waals surface area contributed by atoms with E-state index in [1.807, 2.05) is 42.5 Å². The quantitative estimate of drug-likeness (QED) is 0.596. The lowest BCUT2D eigenvalue weighted by atomic mass is 10.2. The van der Waals surface area contributed by atoms with Gasteiger partial charge < -0.3 is 25.2 Å². The molecule has 128 valence electrons. The summed E-state index contributed by atoms with van der Waals surface area (Å²) < 4.78 is 10.7. The van der Waals surface area contributed by atoms with Gasteiger partial charge in [0.2, 0.25) is 12.7 Å². The van der Waals surface area contributed by atoms with Crippen LogP contribution < -0.4 is 20.1 Å². The van der Waals surface area contributed by atoms with Crippen LogP contribution in [0.5, 0.6) is 11.5 Å². The fourth-order valence-corrected chi connectivity index (χ4v) is 2.66. The number of aliphatic hydroxyl groups excluding tert-OH is 1. The molecule has 3 aromatic rings. The number of ether oxygens (including phenoxy) is 2. The lowest BCUT2D eigenvalue weighted by Crippen LogP contribution is -2.08. The summed E-state index contributed by atoms with van der Waals surface area (Å²) in [6, 6.07) is 13.4. The Bertz CT molecular complexity index is 901. The monoisotopic (exact) mass is 338 g/mol. The molecule has 25 heavy (non-hydrogen) atoms. The molecule has 4 rings (SSSR count). The molecule has 0 aliphatic carbocycles. The van der Waals surface area contributed by atoms with Crippen molar-refractivity contribution >= 4 is 28.4 Å². The number of nitrogens with one attached hydrogen (secondary N) is 2. The molecule has 2 heterocycles. The van der Waals surface area contributed by atoms with Crippen molar-refractivity contribution in [2.45, 2.75) is 6.42 Å². The highest BCUT2D eigenvalue weighted by Gasteiger charge is 2.14. The van der Waals surface area contributed by atoms with Gasteiger partial charge in [0.05, 0.1) is 5.52 Å². The minimum atomic E-state index is 0.137. The Hall–Kier alpha value is -3.06. The SMILES string of the molecule is OCCCNc1nc(Nc2ccc3c(c2)OCO3)nc2ccccc12. The molecular weight excluding hydrogens is 320 g/mol. The predicted octanol–water partition coefficient (Wildman–Crippen LogP) is 2.90. The van der Waals surface area contributed by atoms with Crippen LogP contribution in [0.2, 0.25) is 0 Å². The van der Waals surface area contributed by atoms with Crippen molar-refractivity contribution < 1.29 is 14.6 Å². The van der Waals surface area contributed by atoms with Gasteiger partial charge in [0.15, 0.2) is 11.5 Å². The summed E-state index contributed by atoms with van der Waals surface area (Å²) in [6.45, 7) is 1.02. The molecule has 0 saturated heterocycles. The number of hydrogen-bond donors (Lipinski definition) is 3. The van der Waals surface area contributed by atoms with Crippen LogP contribution in [0, 0.1) is 0 Å². The van der Waals surface area contributed by atoms with E-state index in [1.165, 1.54) is 0 Å². The molecule has 2 aromatic carbocycles. The second-order valence-electron chi connectivity index (χ2n) is 5.61. The Morgan fingerprint density at radius 1 is 1.04 bits per heavy atom. The van der Waals surface area contributed by atoms with Crippen molar-refractivity contribution in [3.8, 4) is 11.5 Å². The molecule has 3 N–H and O–H groups in total. The molecule has 0 fully saturated rings. The standard InChI is InChI=1S/C18H18N4O3/c23-9-3-8-19-17-13-4-1-2-5-14(13)21-18(22-17)20-12-6-7-15-16(10-12)25-11-24-15/h1-2,4-7,10,23H,3,8-9,11H2,(H2,19,20,21,22). The minimum Gasteiger partial charge on any atom is -0.454 e. The zero-order valence-corrected chi connectivity index (χ0v) is 13.5. The van der Waals surface area contributed by atoms with Crippen molar-refractivity contribution in [1.29, 1.82) is 0 Å². The molecule has 0 bridgehead atoms. The summed E-state index contributed by atoms with van der Waals surface area (Å²) in [5.41, 5.74) is 1.66. The summed E-state index contributed by atoms with van der Waals surface area (Å²) in [6.07, 6.45) is 0.656. The highest BCUT2D eigenvalue weighted by molar-refractivity contribution is 5.90. The number of nitrogens with zero attached hydrogens (tertiary/aromatic N) is 2. The molecule has 1 aliphatic rings. The molecule has 0 radical (unpaired) electrons. The summed E-state index contributed by atoms with van der Waals surface area (Å²) in [5.74, 6) is 2.66. The van der Waals surface area contributed by atoms with Crippen LogP contribution in [0.4, 0.5) is 17.5 Å². The summed E-state index contributed by atoms with van der Waals surface area (Å²) in [5, 5.41) is 16.4. The van der Waals surface area contributed by atoms with Crippen molar-refractivity contribution in [3.63, 3.8) is 0 Å². The van der Waals surface area contributed by atoms with E-state index < -0.39 is 0 Å². The number of rotatable bonds is 6. The van der Waals surface area contributed by atoms with Crippen molar-refractivity contribution in [3.05, 3.63) is 42.5 Å². The van der Waals surface area contributed by atoms with Gasteiger partial charge in [0.1, 0.15) is 5.82 Å². The van der Waals surface area contributed by atoms with E-state index >= 15 is 0 Å². The van der Waals surface area contributed by atoms with E-state index in [2.05, 4.69) is 20.6 Å². The van der Waals surface area contributed by atoms with Crippen LogP contribution >= 0.6 is 0 Å². The molecule has 0 atom stereocenters. The van der Waals surface area contributed by atoms with Crippen molar-refractivity contribution in [2.75, 3.05) is 30.6 Å². The van der Waals surface area contributed by atoms with E-state index in [-0.39, 0.29) is 13.4 Å². The van der Waals surface area contributed by atoms with E-state index in [0.717, 1.165) is 28.2 Å². The summed E-state index contributed by atoms with van der Waals surface area (Å²) >= 11 is 0. The molecule has 0 unspecified atom stereocenters. The Balaban J connectivity index is 1.64. The van der Waals surface area contributed by atoms with Gasteiger partial charge in [0.25, 0.3) is 0 Å². The first-order chi connectivity index (χ1) is 12.3. The zero-order chi connectivity index (χ0) is 17.1. The van der Waals surface area contributed by atoms with Crippen LogP contribution in [-0.2, 0) is 0 Å². The van der Waals surface area contributed by atoms with Crippen LogP contribution in [-0.4, -0.2) is 35.0 Å².